The van der Waals surface area contributed by atoms with E-state index in [1.54, 1.807) is 23.9 Å². The van der Waals surface area contributed by atoms with Crippen molar-refractivity contribution in [3.63, 3.8) is 0 Å². The number of benzene rings is 1. The maximum Gasteiger partial charge on any atom is 0.225 e. The van der Waals surface area contributed by atoms with Crippen LogP contribution < -0.4 is 10.6 Å². The van der Waals surface area contributed by atoms with Gasteiger partial charge in [-0.2, -0.15) is 0 Å². The van der Waals surface area contributed by atoms with Gasteiger partial charge in [0.15, 0.2) is 0 Å². The lowest BCUT2D eigenvalue weighted by molar-refractivity contribution is -0.127. The van der Waals surface area contributed by atoms with Gasteiger partial charge in [-0.05, 0) is 44.9 Å². The van der Waals surface area contributed by atoms with Crippen molar-refractivity contribution in [2.75, 3.05) is 13.1 Å². The maximum absolute atomic E-state index is 12.8. The molecule has 0 aliphatic carbocycles. The molecule has 3 aromatic heterocycles. The second kappa shape index (κ2) is 7.69. The van der Waals surface area contributed by atoms with Gasteiger partial charge in [0.05, 0.1) is 29.5 Å². The summed E-state index contributed by atoms with van der Waals surface area (Å²) in [5, 5.41) is 7.49. The topological polar surface area (TPSA) is 84.7 Å². The van der Waals surface area contributed by atoms with Gasteiger partial charge in [-0.3, -0.25) is 4.79 Å². The van der Waals surface area contributed by atoms with Gasteiger partial charge in [0.1, 0.15) is 20.9 Å². The summed E-state index contributed by atoms with van der Waals surface area (Å²) in [6.07, 6.45) is 5.58. The quantitative estimate of drug-likeness (QED) is 0.513. The number of hydrogen-bond acceptors (Lipinski definition) is 6. The molecule has 2 N–H and O–H groups in total. The Hall–Kier alpha value is -2.84. The fourth-order valence-electron chi connectivity index (χ4n) is 4.23. The van der Waals surface area contributed by atoms with E-state index in [1.807, 2.05) is 17.7 Å². The lowest BCUT2D eigenvalue weighted by Gasteiger charge is -2.31. The summed E-state index contributed by atoms with van der Waals surface area (Å²) in [6, 6.07) is 8.27. The Morgan fingerprint density at radius 3 is 3.00 bits per heavy atom. The Labute approximate surface area is 184 Å². The number of aromatic nitrogens is 4. The molecule has 1 amide bonds. The number of imidazole rings is 1. The van der Waals surface area contributed by atoms with Gasteiger partial charge < -0.3 is 15.2 Å². The van der Waals surface area contributed by atoms with E-state index in [1.165, 1.54) is 0 Å². The fraction of sp³-hybridized carbons (Fsp3) is 0.391. The predicted molar refractivity (Wildman–Crippen MR) is 124 cm³/mol. The van der Waals surface area contributed by atoms with Crippen LogP contribution in [-0.2, 0) is 17.4 Å². The van der Waals surface area contributed by atoms with E-state index in [2.05, 4.69) is 52.6 Å². The molecule has 1 fully saturated rings. The van der Waals surface area contributed by atoms with Gasteiger partial charge in [-0.25, -0.2) is 15.0 Å². The number of nitrogens with one attached hydrogen (secondary N) is 2. The number of fused-ring (bicyclic) bond motifs is 3. The normalized spacial score (nSPS) is 17.3. The molecule has 1 aliphatic heterocycles. The van der Waals surface area contributed by atoms with Crippen molar-refractivity contribution in [2.24, 2.45) is 13.0 Å². The number of amides is 1. The number of rotatable bonds is 4. The molecule has 160 valence electrons. The van der Waals surface area contributed by atoms with Gasteiger partial charge >= 0.3 is 0 Å². The lowest BCUT2D eigenvalue weighted by Crippen LogP contribution is -2.47. The second-order valence-corrected chi connectivity index (χ2v) is 9.74. The molecule has 5 rings (SSSR count). The molecule has 1 saturated heterocycles. The highest BCUT2D eigenvalue weighted by molar-refractivity contribution is 7.21. The minimum absolute atomic E-state index is 0.0350. The summed E-state index contributed by atoms with van der Waals surface area (Å²) in [5.41, 5.74) is 4.33. The van der Waals surface area contributed by atoms with Gasteiger partial charge in [0.2, 0.25) is 5.91 Å². The van der Waals surface area contributed by atoms with E-state index in [0.29, 0.717) is 0 Å². The molecule has 7 nitrogen and oxygen atoms in total. The highest BCUT2D eigenvalue weighted by Crippen LogP contribution is 2.34. The standard InChI is InChI=1S/C23H26N6OS/c1-23(2,28-20(30)15-7-5-9-24-11-15)16-8-4-6-14(10-16)21-27-18-19-17(26-13-29(19)3)12-25-22(18)31-21/h4,6,8,10,12-13,15,24H,5,7,9,11H2,1-3H3,(H,28,30). The number of carbonyl (C=O) groups excluding carboxylic acids is 1. The van der Waals surface area contributed by atoms with Crippen molar-refractivity contribution in [1.29, 1.82) is 0 Å². The summed E-state index contributed by atoms with van der Waals surface area (Å²) in [5.74, 6) is 0.151. The van der Waals surface area contributed by atoms with Crippen LogP contribution in [0.4, 0.5) is 0 Å². The summed E-state index contributed by atoms with van der Waals surface area (Å²) >= 11 is 1.57. The molecular weight excluding hydrogens is 408 g/mol. The molecule has 4 aromatic rings. The van der Waals surface area contributed by atoms with E-state index in [4.69, 9.17) is 4.98 Å². The van der Waals surface area contributed by atoms with Crippen LogP contribution in [0.5, 0.6) is 0 Å². The highest BCUT2D eigenvalue weighted by Gasteiger charge is 2.28. The third-order valence-corrected chi connectivity index (χ3v) is 7.05. The van der Waals surface area contributed by atoms with Crippen LogP contribution >= 0.6 is 11.3 Å². The van der Waals surface area contributed by atoms with Crippen LogP contribution in [0.15, 0.2) is 36.8 Å². The van der Waals surface area contributed by atoms with Gasteiger partial charge in [0, 0.05) is 19.2 Å². The van der Waals surface area contributed by atoms with Crippen molar-refractivity contribution < 1.29 is 4.79 Å². The summed E-state index contributed by atoms with van der Waals surface area (Å²) in [4.78, 5) is 27.5. The molecule has 0 bridgehead atoms. The predicted octanol–water partition coefficient (Wildman–Crippen LogP) is 3.60. The zero-order valence-electron chi connectivity index (χ0n) is 18.0. The minimum atomic E-state index is -0.477. The van der Waals surface area contributed by atoms with Crippen molar-refractivity contribution in [1.82, 2.24) is 30.2 Å². The first-order valence-electron chi connectivity index (χ1n) is 10.6. The van der Waals surface area contributed by atoms with Crippen molar-refractivity contribution >= 4 is 38.6 Å². The summed E-state index contributed by atoms with van der Waals surface area (Å²) < 4.78 is 1.98. The van der Waals surface area contributed by atoms with Crippen LogP contribution in [0, 0.1) is 5.92 Å². The molecule has 1 aromatic carbocycles. The Morgan fingerprint density at radius 2 is 2.19 bits per heavy atom. The molecule has 4 heterocycles. The number of carbonyl (C=O) groups is 1. The van der Waals surface area contributed by atoms with Gasteiger partial charge in [-0.15, -0.1) is 0 Å². The third kappa shape index (κ3) is 3.70. The highest BCUT2D eigenvalue weighted by atomic mass is 32.1. The van der Waals surface area contributed by atoms with Crippen LogP contribution in [-0.4, -0.2) is 38.5 Å². The molecule has 0 saturated carbocycles. The van der Waals surface area contributed by atoms with Crippen molar-refractivity contribution in [3.05, 3.63) is 42.4 Å². The Balaban J connectivity index is 1.46. The van der Waals surface area contributed by atoms with Crippen LogP contribution in [0.2, 0.25) is 0 Å². The fourth-order valence-corrected chi connectivity index (χ4v) is 5.14. The van der Waals surface area contributed by atoms with E-state index >= 15 is 0 Å². The second-order valence-electron chi connectivity index (χ2n) is 8.76. The van der Waals surface area contributed by atoms with Crippen LogP contribution in [0.3, 0.4) is 0 Å². The SMILES string of the molecule is Cn1cnc2cnc3sc(-c4cccc(C(C)(C)NC(=O)C5CCCNC5)c4)nc3c21. The van der Waals surface area contributed by atoms with Crippen molar-refractivity contribution in [3.8, 4) is 10.6 Å². The third-order valence-electron chi connectivity index (χ3n) is 6.04. The lowest BCUT2D eigenvalue weighted by atomic mass is 9.90. The monoisotopic (exact) mass is 434 g/mol. The Kier molecular flexibility index (Phi) is 4.98. The van der Waals surface area contributed by atoms with Crippen molar-refractivity contribution in [2.45, 2.75) is 32.2 Å². The van der Waals surface area contributed by atoms with E-state index in [0.717, 1.165) is 63.4 Å². The zero-order chi connectivity index (χ0) is 21.6. The molecule has 1 unspecified atom stereocenters. The number of pyridine rings is 1. The molecule has 0 radical (unpaired) electrons. The van der Waals surface area contributed by atoms with E-state index in [9.17, 15) is 4.79 Å². The average molecular weight is 435 g/mol. The molecule has 31 heavy (non-hydrogen) atoms. The van der Waals surface area contributed by atoms with Gasteiger partial charge in [0.25, 0.3) is 0 Å². The Morgan fingerprint density at radius 1 is 1.32 bits per heavy atom. The van der Waals surface area contributed by atoms with Crippen LogP contribution in [0.25, 0.3) is 32.0 Å². The first-order chi connectivity index (χ1) is 14.9. The average Bonchev–Trinajstić information content (AvgIpc) is 3.37. The van der Waals surface area contributed by atoms with E-state index in [-0.39, 0.29) is 11.8 Å². The largest absolute Gasteiger partial charge is 0.347 e. The number of nitrogens with zero attached hydrogens (tertiary/aromatic N) is 4. The first kappa shape index (κ1) is 20.1. The smallest absolute Gasteiger partial charge is 0.225 e. The van der Waals surface area contributed by atoms with Crippen LogP contribution in [0.1, 0.15) is 32.3 Å². The molecule has 8 heteroatoms. The molecule has 1 aliphatic rings. The maximum atomic E-state index is 12.8. The number of aryl methyl sites for hydroxylation is 1. The molecule has 1 atom stereocenters. The summed E-state index contributed by atoms with van der Waals surface area (Å²) in [7, 11) is 1.97. The first-order valence-corrected chi connectivity index (χ1v) is 11.4. The van der Waals surface area contributed by atoms with Gasteiger partial charge in [-0.1, -0.05) is 29.5 Å². The zero-order valence-corrected chi connectivity index (χ0v) is 18.8. The summed E-state index contributed by atoms with van der Waals surface area (Å²) in [6.45, 7) is 5.86. The number of hydrogen-bond donors (Lipinski definition) is 2. The molecule has 0 spiro atoms. The molecular formula is C23H26N6OS. The number of thiazole rings is 1. The number of piperidine rings is 1. The minimum Gasteiger partial charge on any atom is -0.347 e. The van der Waals surface area contributed by atoms with E-state index < -0.39 is 5.54 Å². The Bertz CT molecular complexity index is 1270.